The lowest BCUT2D eigenvalue weighted by Crippen LogP contribution is -2.41. The molecule has 0 radical (unpaired) electrons. The van der Waals surface area contributed by atoms with Gasteiger partial charge in [0, 0.05) is 23.2 Å². The Kier molecular flexibility index (Phi) is 5.20. The van der Waals surface area contributed by atoms with Crippen LogP contribution < -0.4 is 5.32 Å². The molecule has 1 aliphatic rings. The van der Waals surface area contributed by atoms with E-state index >= 15 is 0 Å². The third kappa shape index (κ3) is 3.32. The van der Waals surface area contributed by atoms with Gasteiger partial charge in [-0.2, -0.15) is 5.10 Å². The lowest BCUT2D eigenvalue weighted by atomic mass is 9.93. The number of nitrogens with zero attached hydrogens (tertiary/aromatic N) is 3. The first-order valence-corrected chi connectivity index (χ1v) is 9.22. The summed E-state index contributed by atoms with van der Waals surface area (Å²) in [6, 6.07) is 4.03. The standard InChI is InChI=1S/C17H24N4O2S/c1-12(16-7-4-10-24-16)20(2)17(23)19-14-5-3-6-15-13(14)11-18-21(15)8-9-22/h4,7,10-12,14,22H,3,5-6,8-9H2,1-2H3,(H,19,23)/t12-,14-/m1/s1. The molecule has 24 heavy (non-hydrogen) atoms. The number of hydrogen-bond donors (Lipinski definition) is 2. The molecule has 0 spiro atoms. The number of aliphatic hydroxyl groups excluding tert-OH is 1. The maximum atomic E-state index is 12.6. The normalized spacial score (nSPS) is 18.0. The van der Waals surface area contributed by atoms with Crippen molar-refractivity contribution in [2.24, 2.45) is 0 Å². The molecule has 7 heteroatoms. The number of carbonyl (C=O) groups is 1. The van der Waals surface area contributed by atoms with Crippen molar-refractivity contribution in [2.75, 3.05) is 13.7 Å². The van der Waals surface area contributed by atoms with Gasteiger partial charge in [-0.15, -0.1) is 11.3 Å². The van der Waals surface area contributed by atoms with E-state index in [9.17, 15) is 4.79 Å². The summed E-state index contributed by atoms with van der Waals surface area (Å²) < 4.78 is 1.85. The summed E-state index contributed by atoms with van der Waals surface area (Å²) in [4.78, 5) is 15.6. The Bertz CT molecular complexity index is 683. The zero-order valence-electron chi connectivity index (χ0n) is 14.1. The molecule has 0 aromatic carbocycles. The van der Waals surface area contributed by atoms with E-state index < -0.39 is 0 Å². The van der Waals surface area contributed by atoms with E-state index in [0.717, 1.165) is 30.5 Å². The highest BCUT2D eigenvalue weighted by molar-refractivity contribution is 7.10. The minimum absolute atomic E-state index is 0.00771. The number of carbonyl (C=O) groups excluding carboxylic acids is 1. The fourth-order valence-corrected chi connectivity index (χ4v) is 4.03. The van der Waals surface area contributed by atoms with Gasteiger partial charge >= 0.3 is 6.03 Å². The third-order valence-electron chi connectivity index (χ3n) is 4.73. The number of nitrogens with one attached hydrogen (secondary N) is 1. The highest BCUT2D eigenvalue weighted by Gasteiger charge is 2.27. The first-order valence-electron chi connectivity index (χ1n) is 8.34. The van der Waals surface area contributed by atoms with Crippen LogP contribution in [0.2, 0.25) is 0 Å². The van der Waals surface area contributed by atoms with Gasteiger partial charge in [0.25, 0.3) is 0 Å². The zero-order chi connectivity index (χ0) is 17.1. The van der Waals surface area contributed by atoms with Gasteiger partial charge in [-0.25, -0.2) is 4.79 Å². The predicted molar refractivity (Wildman–Crippen MR) is 94.0 cm³/mol. The summed E-state index contributed by atoms with van der Waals surface area (Å²) in [6.45, 7) is 2.62. The molecule has 0 fully saturated rings. The van der Waals surface area contributed by atoms with E-state index in [1.54, 1.807) is 16.2 Å². The minimum atomic E-state index is -0.0661. The van der Waals surface area contributed by atoms with E-state index in [1.807, 2.05) is 36.3 Å². The van der Waals surface area contributed by atoms with Crippen LogP contribution >= 0.6 is 11.3 Å². The van der Waals surface area contributed by atoms with Gasteiger partial charge in [0.2, 0.25) is 0 Å². The summed E-state index contributed by atoms with van der Waals surface area (Å²) in [5, 5.41) is 18.7. The van der Waals surface area contributed by atoms with Crippen molar-refractivity contribution in [2.45, 2.75) is 44.8 Å². The average molecular weight is 348 g/mol. The first-order chi connectivity index (χ1) is 11.6. The Labute approximate surface area is 146 Å². The Morgan fingerprint density at radius 2 is 2.46 bits per heavy atom. The molecule has 2 atom stereocenters. The van der Waals surface area contributed by atoms with Crippen LogP contribution in [0.15, 0.2) is 23.7 Å². The molecule has 0 aliphatic heterocycles. The van der Waals surface area contributed by atoms with Crippen LogP contribution in [-0.4, -0.2) is 39.5 Å². The lowest BCUT2D eigenvalue weighted by Gasteiger charge is -2.29. The molecule has 2 aromatic rings. The maximum Gasteiger partial charge on any atom is 0.318 e. The quantitative estimate of drug-likeness (QED) is 0.873. The number of rotatable bonds is 5. The minimum Gasteiger partial charge on any atom is -0.394 e. The van der Waals surface area contributed by atoms with E-state index in [-0.39, 0.29) is 24.7 Å². The number of urea groups is 1. The van der Waals surface area contributed by atoms with Crippen molar-refractivity contribution in [1.29, 1.82) is 0 Å². The van der Waals surface area contributed by atoms with Crippen molar-refractivity contribution < 1.29 is 9.90 Å². The Morgan fingerprint density at radius 3 is 3.17 bits per heavy atom. The van der Waals surface area contributed by atoms with Crippen LogP contribution in [0.25, 0.3) is 0 Å². The predicted octanol–water partition coefficient (Wildman–Crippen LogP) is 2.72. The van der Waals surface area contributed by atoms with Gasteiger partial charge < -0.3 is 15.3 Å². The van der Waals surface area contributed by atoms with Crippen molar-refractivity contribution >= 4 is 17.4 Å². The van der Waals surface area contributed by atoms with Crippen LogP contribution in [0.4, 0.5) is 4.79 Å². The first kappa shape index (κ1) is 17.0. The summed E-state index contributed by atoms with van der Waals surface area (Å²) in [5.74, 6) is 0. The van der Waals surface area contributed by atoms with Crippen molar-refractivity contribution in [3.05, 3.63) is 39.8 Å². The van der Waals surface area contributed by atoms with Crippen molar-refractivity contribution in [3.8, 4) is 0 Å². The van der Waals surface area contributed by atoms with Crippen LogP contribution in [0.3, 0.4) is 0 Å². The second-order valence-electron chi connectivity index (χ2n) is 6.19. The highest BCUT2D eigenvalue weighted by Crippen LogP contribution is 2.30. The highest BCUT2D eigenvalue weighted by atomic mass is 32.1. The monoisotopic (exact) mass is 348 g/mol. The molecule has 0 bridgehead atoms. The molecular formula is C17H24N4O2S. The van der Waals surface area contributed by atoms with E-state index in [1.165, 1.54) is 4.88 Å². The van der Waals surface area contributed by atoms with E-state index in [0.29, 0.717) is 6.54 Å². The molecular weight excluding hydrogens is 324 g/mol. The second kappa shape index (κ2) is 7.36. The maximum absolute atomic E-state index is 12.6. The van der Waals surface area contributed by atoms with Gasteiger partial charge in [0.1, 0.15) is 0 Å². The summed E-state index contributed by atoms with van der Waals surface area (Å²) in [5.41, 5.74) is 2.22. The number of fused-ring (bicyclic) bond motifs is 1. The van der Waals surface area contributed by atoms with Crippen LogP contribution in [0.1, 0.15) is 48.0 Å². The van der Waals surface area contributed by atoms with Gasteiger partial charge in [-0.05, 0) is 37.6 Å². The number of aliphatic hydroxyl groups is 1. The largest absolute Gasteiger partial charge is 0.394 e. The SMILES string of the molecule is C[C@H](c1cccs1)N(C)C(=O)N[C@@H]1CCCc2c1cnn2CCO. The summed E-state index contributed by atoms with van der Waals surface area (Å²) in [7, 11) is 1.83. The molecule has 3 rings (SSSR count). The molecule has 2 N–H and O–H groups in total. The fraction of sp³-hybridized carbons (Fsp3) is 0.529. The number of hydrogen-bond acceptors (Lipinski definition) is 4. The van der Waals surface area contributed by atoms with Gasteiger partial charge in [0.05, 0.1) is 31.4 Å². The molecule has 2 aromatic heterocycles. The topological polar surface area (TPSA) is 70.4 Å². The molecule has 0 saturated heterocycles. The summed E-state index contributed by atoms with van der Waals surface area (Å²) >= 11 is 1.66. The molecule has 0 unspecified atom stereocenters. The smallest absolute Gasteiger partial charge is 0.318 e. The van der Waals surface area contributed by atoms with Crippen LogP contribution in [-0.2, 0) is 13.0 Å². The molecule has 0 saturated carbocycles. The van der Waals surface area contributed by atoms with Crippen molar-refractivity contribution in [3.63, 3.8) is 0 Å². The molecule has 1 aliphatic carbocycles. The van der Waals surface area contributed by atoms with Gasteiger partial charge in [0.15, 0.2) is 0 Å². The molecule has 2 amide bonds. The Morgan fingerprint density at radius 1 is 1.62 bits per heavy atom. The fourth-order valence-electron chi connectivity index (χ4n) is 3.20. The number of amides is 2. The Balaban J connectivity index is 1.69. The van der Waals surface area contributed by atoms with Crippen molar-refractivity contribution in [1.82, 2.24) is 20.0 Å². The zero-order valence-corrected chi connectivity index (χ0v) is 14.9. The van der Waals surface area contributed by atoms with Crippen LogP contribution in [0.5, 0.6) is 0 Å². The van der Waals surface area contributed by atoms with E-state index in [4.69, 9.17) is 5.11 Å². The summed E-state index contributed by atoms with van der Waals surface area (Å²) in [6.07, 6.45) is 4.71. The van der Waals surface area contributed by atoms with E-state index in [2.05, 4.69) is 16.5 Å². The molecule has 130 valence electrons. The third-order valence-corrected chi connectivity index (χ3v) is 5.77. The molecule has 2 heterocycles. The Hall–Kier alpha value is -1.86. The average Bonchev–Trinajstić information content (AvgIpc) is 3.24. The number of aromatic nitrogens is 2. The lowest BCUT2D eigenvalue weighted by molar-refractivity contribution is 0.189. The number of thiophene rings is 1. The molecule has 6 nitrogen and oxygen atoms in total. The second-order valence-corrected chi connectivity index (χ2v) is 7.17. The van der Waals surface area contributed by atoms with Gasteiger partial charge in [-0.1, -0.05) is 6.07 Å². The van der Waals surface area contributed by atoms with Crippen LogP contribution in [0, 0.1) is 0 Å². The van der Waals surface area contributed by atoms with Gasteiger partial charge in [-0.3, -0.25) is 4.68 Å².